The van der Waals surface area contributed by atoms with E-state index in [1.807, 2.05) is 38.1 Å². The van der Waals surface area contributed by atoms with Crippen molar-refractivity contribution in [2.75, 3.05) is 25.5 Å². The summed E-state index contributed by atoms with van der Waals surface area (Å²) in [6.07, 6.45) is 1.09. The Morgan fingerprint density at radius 3 is 2.22 bits per heavy atom. The molecule has 0 radical (unpaired) electrons. The highest BCUT2D eigenvalue weighted by Gasteiger charge is 2.13. The van der Waals surface area contributed by atoms with Crippen LogP contribution in [0, 0.1) is 10.1 Å². The summed E-state index contributed by atoms with van der Waals surface area (Å²) in [7, 11) is 3.80. The fourth-order valence-electron chi connectivity index (χ4n) is 2.50. The van der Waals surface area contributed by atoms with Crippen LogP contribution in [-0.2, 0) is 6.54 Å². The average Bonchev–Trinajstić information content (AvgIpc) is 2.68. The lowest BCUT2D eigenvalue weighted by Crippen LogP contribution is -2.17. The number of benzene rings is 2. The minimum absolute atomic E-state index is 0.0802. The maximum absolute atomic E-state index is 11.0. The molecule has 0 aromatic heterocycles. The van der Waals surface area contributed by atoms with E-state index in [0.717, 1.165) is 24.3 Å². The molecular formula is C20H29N5O2. The van der Waals surface area contributed by atoms with Crippen molar-refractivity contribution in [3.63, 3.8) is 0 Å². The second-order valence-electron chi connectivity index (χ2n) is 5.74. The molecule has 0 saturated heterocycles. The van der Waals surface area contributed by atoms with Gasteiger partial charge in [-0.2, -0.15) is 10.2 Å². The van der Waals surface area contributed by atoms with Crippen LogP contribution in [0.15, 0.2) is 52.7 Å². The summed E-state index contributed by atoms with van der Waals surface area (Å²) >= 11 is 0. The molecule has 2 aromatic carbocycles. The average molecular weight is 371 g/mol. The molecule has 0 amide bonds. The lowest BCUT2D eigenvalue weighted by Gasteiger charge is -2.17. The Morgan fingerprint density at radius 1 is 1.07 bits per heavy atom. The normalized spacial score (nSPS) is 10.4. The predicted octanol–water partition coefficient (Wildman–Crippen LogP) is 5.60. The second-order valence-corrected chi connectivity index (χ2v) is 5.74. The number of hydrogen-bond acceptors (Lipinski definition) is 6. The molecule has 0 bridgehead atoms. The van der Waals surface area contributed by atoms with Crippen molar-refractivity contribution >= 4 is 22.7 Å². The van der Waals surface area contributed by atoms with Crippen LogP contribution in [0.25, 0.3) is 0 Å². The van der Waals surface area contributed by atoms with E-state index in [1.54, 1.807) is 19.2 Å². The van der Waals surface area contributed by atoms with Crippen molar-refractivity contribution < 1.29 is 4.92 Å². The summed E-state index contributed by atoms with van der Waals surface area (Å²) in [5.41, 5.74) is 3.12. The number of hydrogen-bond donors (Lipinski definition) is 1. The molecule has 0 atom stereocenters. The summed E-state index contributed by atoms with van der Waals surface area (Å²) in [4.78, 5) is 12.8. The molecule has 7 nitrogen and oxygen atoms in total. The lowest BCUT2D eigenvalue weighted by atomic mass is 10.1. The van der Waals surface area contributed by atoms with Crippen molar-refractivity contribution in [2.45, 2.75) is 33.7 Å². The third-order valence-corrected chi connectivity index (χ3v) is 3.76. The summed E-state index contributed by atoms with van der Waals surface area (Å²) in [6.45, 7) is 7.54. The Hall–Kier alpha value is -2.80. The smallest absolute Gasteiger partial charge is 0.274 e. The minimum Gasteiger partial charge on any atom is -0.375 e. The summed E-state index contributed by atoms with van der Waals surface area (Å²) in [6, 6.07) is 12.6. The molecule has 0 aliphatic carbocycles. The van der Waals surface area contributed by atoms with Crippen LogP contribution in [0.1, 0.15) is 32.8 Å². The number of nitro groups is 1. The van der Waals surface area contributed by atoms with E-state index in [0.29, 0.717) is 17.8 Å². The number of nitrogens with zero attached hydrogens (tertiary/aromatic N) is 4. The van der Waals surface area contributed by atoms with Gasteiger partial charge in [-0.3, -0.25) is 10.1 Å². The third kappa shape index (κ3) is 6.79. The zero-order chi connectivity index (χ0) is 20.2. The van der Waals surface area contributed by atoms with Gasteiger partial charge in [0.1, 0.15) is 0 Å². The molecule has 2 aromatic rings. The highest BCUT2D eigenvalue weighted by molar-refractivity contribution is 5.53. The van der Waals surface area contributed by atoms with E-state index in [-0.39, 0.29) is 10.6 Å². The topological polar surface area (TPSA) is 83.1 Å². The first-order chi connectivity index (χ1) is 13.0. The van der Waals surface area contributed by atoms with Gasteiger partial charge in [0.25, 0.3) is 5.69 Å². The molecule has 146 valence electrons. The van der Waals surface area contributed by atoms with Crippen LogP contribution in [0.5, 0.6) is 0 Å². The summed E-state index contributed by atoms with van der Waals surface area (Å²) in [5.74, 6) is 0. The van der Waals surface area contributed by atoms with Gasteiger partial charge in [0.05, 0.1) is 16.3 Å². The summed E-state index contributed by atoms with van der Waals surface area (Å²) in [5, 5.41) is 22.4. The van der Waals surface area contributed by atoms with Crippen LogP contribution in [0.3, 0.4) is 0 Å². The molecule has 2 rings (SSSR count). The van der Waals surface area contributed by atoms with E-state index in [4.69, 9.17) is 0 Å². The van der Waals surface area contributed by atoms with E-state index < -0.39 is 0 Å². The molecule has 0 fully saturated rings. The molecule has 0 aliphatic rings. The molecule has 0 unspecified atom stereocenters. The van der Waals surface area contributed by atoms with Gasteiger partial charge in [-0.25, -0.2) is 0 Å². The van der Waals surface area contributed by atoms with Gasteiger partial charge >= 0.3 is 0 Å². The first-order valence-corrected chi connectivity index (χ1v) is 9.20. The minimum atomic E-state index is -0.390. The largest absolute Gasteiger partial charge is 0.375 e. The van der Waals surface area contributed by atoms with Crippen molar-refractivity contribution in [2.24, 2.45) is 10.2 Å². The standard InChI is InChI=1S/C18H23N5O2.C2H6/c1-4-11-22(3)17-8-5-15(6-9-17)20-21-16-7-10-18(23(24)25)14(12-16)13-19-2;1-2/h5-10,12,19H,4,11,13H2,1-3H3;1-2H3. The third-order valence-electron chi connectivity index (χ3n) is 3.76. The molecule has 0 spiro atoms. The van der Waals surface area contributed by atoms with Gasteiger partial charge in [-0.1, -0.05) is 20.8 Å². The van der Waals surface area contributed by atoms with Gasteiger partial charge in [0.15, 0.2) is 0 Å². The Balaban J connectivity index is 0.00000176. The monoisotopic (exact) mass is 371 g/mol. The molecule has 0 aliphatic heterocycles. The first-order valence-electron chi connectivity index (χ1n) is 9.20. The van der Waals surface area contributed by atoms with Crippen molar-refractivity contribution in [1.29, 1.82) is 0 Å². The zero-order valence-electron chi connectivity index (χ0n) is 16.8. The van der Waals surface area contributed by atoms with E-state index in [1.165, 1.54) is 6.07 Å². The van der Waals surface area contributed by atoms with Gasteiger partial charge in [-0.05, 0) is 49.9 Å². The molecule has 7 heteroatoms. The fourth-order valence-corrected chi connectivity index (χ4v) is 2.50. The van der Waals surface area contributed by atoms with Gasteiger partial charge in [0.2, 0.25) is 0 Å². The maximum Gasteiger partial charge on any atom is 0.274 e. The van der Waals surface area contributed by atoms with E-state index >= 15 is 0 Å². The number of nitrogens with one attached hydrogen (secondary N) is 1. The fraction of sp³-hybridized carbons (Fsp3) is 0.400. The molecule has 0 saturated carbocycles. The maximum atomic E-state index is 11.0. The molecule has 27 heavy (non-hydrogen) atoms. The first kappa shape index (κ1) is 22.2. The van der Waals surface area contributed by atoms with Crippen LogP contribution in [0.4, 0.5) is 22.7 Å². The van der Waals surface area contributed by atoms with Gasteiger partial charge < -0.3 is 10.2 Å². The lowest BCUT2D eigenvalue weighted by molar-refractivity contribution is -0.385. The van der Waals surface area contributed by atoms with Gasteiger partial charge in [-0.15, -0.1) is 0 Å². The molecule has 0 heterocycles. The van der Waals surface area contributed by atoms with Crippen molar-refractivity contribution in [1.82, 2.24) is 5.32 Å². The number of rotatable bonds is 8. The Morgan fingerprint density at radius 2 is 1.67 bits per heavy atom. The Bertz CT molecular complexity index is 745. The van der Waals surface area contributed by atoms with Crippen molar-refractivity contribution in [3.05, 3.63) is 58.1 Å². The SMILES string of the molecule is CC.CCCN(C)c1ccc(N=Nc2ccc([N+](=O)[O-])c(CNC)c2)cc1. The van der Waals surface area contributed by atoms with Crippen LogP contribution in [0.2, 0.25) is 0 Å². The zero-order valence-corrected chi connectivity index (χ0v) is 16.8. The van der Waals surface area contributed by atoms with Gasteiger partial charge in [0, 0.05) is 37.5 Å². The van der Waals surface area contributed by atoms with Crippen LogP contribution >= 0.6 is 0 Å². The Kier molecular flexibility index (Phi) is 9.68. The second kappa shape index (κ2) is 11.7. The molecular weight excluding hydrogens is 342 g/mol. The number of anilines is 1. The van der Waals surface area contributed by atoms with E-state index in [9.17, 15) is 10.1 Å². The number of azo groups is 1. The van der Waals surface area contributed by atoms with Crippen LogP contribution < -0.4 is 10.2 Å². The number of nitro benzene ring substituents is 1. The van der Waals surface area contributed by atoms with Crippen molar-refractivity contribution in [3.8, 4) is 0 Å². The summed E-state index contributed by atoms with van der Waals surface area (Å²) < 4.78 is 0. The highest BCUT2D eigenvalue weighted by atomic mass is 16.6. The van der Waals surface area contributed by atoms with E-state index in [2.05, 4.69) is 34.4 Å². The van der Waals surface area contributed by atoms with Crippen LogP contribution in [-0.4, -0.2) is 25.6 Å². The highest BCUT2D eigenvalue weighted by Crippen LogP contribution is 2.26. The Labute approximate surface area is 161 Å². The quantitative estimate of drug-likeness (QED) is 0.372. The molecule has 1 N–H and O–H groups in total. The predicted molar refractivity (Wildman–Crippen MR) is 111 cm³/mol.